The summed E-state index contributed by atoms with van der Waals surface area (Å²) >= 11 is 0. The lowest BCUT2D eigenvalue weighted by Crippen LogP contribution is -2.25. The highest BCUT2D eigenvalue weighted by Gasteiger charge is 2.12. The van der Waals surface area contributed by atoms with Gasteiger partial charge >= 0.3 is 0 Å². The standard InChI is InChI=1S/C16H20N2/c1-13(2)18(15-7-5-4-6-8-15)16-11-9-14(17-3)10-12-16/h4-13,17H,1-3H3. The Labute approximate surface area is 109 Å². The molecule has 0 saturated heterocycles. The Kier molecular flexibility index (Phi) is 3.88. The Morgan fingerprint density at radius 3 is 1.89 bits per heavy atom. The Morgan fingerprint density at radius 2 is 1.39 bits per heavy atom. The number of nitrogens with one attached hydrogen (secondary N) is 1. The molecule has 2 rings (SSSR count). The summed E-state index contributed by atoms with van der Waals surface area (Å²) in [5.74, 6) is 0. The fraction of sp³-hybridized carbons (Fsp3) is 0.250. The predicted molar refractivity (Wildman–Crippen MR) is 79.7 cm³/mol. The number of benzene rings is 2. The van der Waals surface area contributed by atoms with Crippen molar-refractivity contribution in [3.05, 3.63) is 54.6 Å². The zero-order valence-electron chi connectivity index (χ0n) is 11.2. The lowest BCUT2D eigenvalue weighted by atomic mass is 10.2. The lowest BCUT2D eigenvalue weighted by molar-refractivity contribution is 0.789. The van der Waals surface area contributed by atoms with Crippen LogP contribution in [-0.2, 0) is 0 Å². The van der Waals surface area contributed by atoms with Gasteiger partial charge < -0.3 is 10.2 Å². The average Bonchev–Trinajstić information content (AvgIpc) is 2.40. The van der Waals surface area contributed by atoms with E-state index in [0.29, 0.717) is 6.04 Å². The largest absolute Gasteiger partial charge is 0.388 e. The third kappa shape index (κ3) is 2.65. The normalized spacial score (nSPS) is 10.4. The highest BCUT2D eigenvalue weighted by atomic mass is 15.2. The number of anilines is 3. The molecule has 2 nitrogen and oxygen atoms in total. The van der Waals surface area contributed by atoms with Crippen LogP contribution in [-0.4, -0.2) is 13.1 Å². The maximum atomic E-state index is 3.14. The fourth-order valence-electron chi connectivity index (χ4n) is 2.12. The zero-order chi connectivity index (χ0) is 13.0. The van der Waals surface area contributed by atoms with Gasteiger partial charge in [0.1, 0.15) is 0 Å². The summed E-state index contributed by atoms with van der Waals surface area (Å²) in [6, 6.07) is 19.4. The van der Waals surface area contributed by atoms with E-state index in [2.05, 4.69) is 72.6 Å². The molecule has 0 aromatic heterocycles. The summed E-state index contributed by atoms with van der Waals surface area (Å²) in [5.41, 5.74) is 3.58. The molecule has 0 amide bonds. The minimum Gasteiger partial charge on any atom is -0.388 e. The van der Waals surface area contributed by atoms with E-state index >= 15 is 0 Å². The van der Waals surface area contributed by atoms with Crippen LogP contribution in [0.1, 0.15) is 13.8 Å². The van der Waals surface area contributed by atoms with Gasteiger partial charge in [-0.2, -0.15) is 0 Å². The number of hydrogen-bond acceptors (Lipinski definition) is 2. The van der Waals surface area contributed by atoms with E-state index < -0.39 is 0 Å². The minimum absolute atomic E-state index is 0.424. The van der Waals surface area contributed by atoms with Crippen molar-refractivity contribution in [2.24, 2.45) is 0 Å². The van der Waals surface area contributed by atoms with Crippen LogP contribution < -0.4 is 10.2 Å². The molecule has 2 heteroatoms. The molecule has 0 aliphatic heterocycles. The molecule has 0 atom stereocenters. The van der Waals surface area contributed by atoms with Crippen molar-refractivity contribution in [3.8, 4) is 0 Å². The van der Waals surface area contributed by atoms with Crippen molar-refractivity contribution in [1.82, 2.24) is 0 Å². The molecule has 0 spiro atoms. The second kappa shape index (κ2) is 5.58. The summed E-state index contributed by atoms with van der Waals surface area (Å²) in [6.07, 6.45) is 0. The molecular weight excluding hydrogens is 220 g/mol. The Bertz CT molecular complexity index is 474. The highest BCUT2D eigenvalue weighted by Crippen LogP contribution is 2.28. The van der Waals surface area contributed by atoms with Crippen molar-refractivity contribution >= 4 is 17.1 Å². The molecule has 18 heavy (non-hydrogen) atoms. The van der Waals surface area contributed by atoms with Crippen LogP contribution in [0.3, 0.4) is 0 Å². The molecule has 0 aliphatic rings. The van der Waals surface area contributed by atoms with Crippen molar-refractivity contribution in [3.63, 3.8) is 0 Å². The zero-order valence-corrected chi connectivity index (χ0v) is 11.2. The summed E-state index contributed by atoms with van der Waals surface area (Å²) in [6.45, 7) is 4.41. The topological polar surface area (TPSA) is 15.3 Å². The van der Waals surface area contributed by atoms with E-state index in [1.54, 1.807) is 0 Å². The van der Waals surface area contributed by atoms with Gasteiger partial charge in [0.15, 0.2) is 0 Å². The van der Waals surface area contributed by atoms with Gasteiger partial charge in [-0.3, -0.25) is 0 Å². The fourth-order valence-corrected chi connectivity index (χ4v) is 2.12. The SMILES string of the molecule is CNc1ccc(N(c2ccccc2)C(C)C)cc1. The molecule has 0 radical (unpaired) electrons. The van der Waals surface area contributed by atoms with Crippen LogP contribution in [0.5, 0.6) is 0 Å². The van der Waals surface area contributed by atoms with Gasteiger partial charge in [0, 0.05) is 30.2 Å². The maximum Gasteiger partial charge on any atom is 0.0414 e. The summed E-state index contributed by atoms with van der Waals surface area (Å²) in [7, 11) is 1.94. The molecule has 0 aliphatic carbocycles. The van der Waals surface area contributed by atoms with Gasteiger partial charge in [-0.05, 0) is 50.2 Å². The molecule has 0 saturated carbocycles. The average molecular weight is 240 g/mol. The Hall–Kier alpha value is -1.96. The van der Waals surface area contributed by atoms with Gasteiger partial charge in [0.2, 0.25) is 0 Å². The molecule has 94 valence electrons. The van der Waals surface area contributed by atoms with E-state index in [1.807, 2.05) is 13.1 Å². The van der Waals surface area contributed by atoms with Crippen LogP contribution in [0, 0.1) is 0 Å². The van der Waals surface area contributed by atoms with Gasteiger partial charge in [0.05, 0.1) is 0 Å². The molecular formula is C16H20N2. The maximum absolute atomic E-state index is 3.14. The van der Waals surface area contributed by atoms with Crippen LogP contribution in [0.4, 0.5) is 17.1 Å². The molecule has 1 N–H and O–H groups in total. The number of hydrogen-bond donors (Lipinski definition) is 1. The van der Waals surface area contributed by atoms with Crippen molar-refractivity contribution in [2.45, 2.75) is 19.9 Å². The summed E-state index contributed by atoms with van der Waals surface area (Å²) in [4.78, 5) is 2.33. The van der Waals surface area contributed by atoms with Crippen LogP contribution >= 0.6 is 0 Å². The molecule has 0 heterocycles. The highest BCUT2D eigenvalue weighted by molar-refractivity contribution is 5.66. The van der Waals surface area contributed by atoms with Crippen LogP contribution in [0.15, 0.2) is 54.6 Å². The van der Waals surface area contributed by atoms with Gasteiger partial charge in [-0.1, -0.05) is 18.2 Å². The van der Waals surface area contributed by atoms with Crippen molar-refractivity contribution < 1.29 is 0 Å². The van der Waals surface area contributed by atoms with E-state index in [4.69, 9.17) is 0 Å². The minimum atomic E-state index is 0.424. The first-order valence-corrected chi connectivity index (χ1v) is 6.34. The molecule has 0 unspecified atom stereocenters. The third-order valence-electron chi connectivity index (χ3n) is 2.98. The van der Waals surface area contributed by atoms with E-state index in [1.165, 1.54) is 11.4 Å². The quantitative estimate of drug-likeness (QED) is 0.858. The van der Waals surface area contributed by atoms with Gasteiger partial charge in [-0.15, -0.1) is 0 Å². The van der Waals surface area contributed by atoms with Crippen molar-refractivity contribution in [2.75, 3.05) is 17.3 Å². The molecule has 0 fully saturated rings. The Balaban J connectivity index is 2.36. The van der Waals surface area contributed by atoms with E-state index in [-0.39, 0.29) is 0 Å². The number of para-hydroxylation sites is 1. The molecule has 2 aromatic carbocycles. The molecule has 2 aromatic rings. The van der Waals surface area contributed by atoms with Gasteiger partial charge in [0.25, 0.3) is 0 Å². The van der Waals surface area contributed by atoms with E-state index in [9.17, 15) is 0 Å². The number of rotatable bonds is 4. The first-order valence-electron chi connectivity index (χ1n) is 6.34. The number of nitrogens with zero attached hydrogens (tertiary/aromatic N) is 1. The van der Waals surface area contributed by atoms with Crippen molar-refractivity contribution in [1.29, 1.82) is 0 Å². The second-order valence-electron chi connectivity index (χ2n) is 4.60. The second-order valence-corrected chi connectivity index (χ2v) is 4.60. The smallest absolute Gasteiger partial charge is 0.0414 e. The third-order valence-corrected chi connectivity index (χ3v) is 2.98. The van der Waals surface area contributed by atoms with Crippen LogP contribution in [0.2, 0.25) is 0 Å². The monoisotopic (exact) mass is 240 g/mol. The Morgan fingerprint density at radius 1 is 0.833 bits per heavy atom. The van der Waals surface area contributed by atoms with Gasteiger partial charge in [-0.25, -0.2) is 0 Å². The van der Waals surface area contributed by atoms with E-state index in [0.717, 1.165) is 5.69 Å². The lowest BCUT2D eigenvalue weighted by Gasteiger charge is -2.29. The first-order chi connectivity index (χ1) is 8.72. The summed E-state index contributed by atoms with van der Waals surface area (Å²) in [5, 5.41) is 3.14. The first kappa shape index (κ1) is 12.5. The summed E-state index contributed by atoms with van der Waals surface area (Å²) < 4.78 is 0. The predicted octanol–water partition coefficient (Wildman–Crippen LogP) is 4.27. The molecule has 0 bridgehead atoms. The van der Waals surface area contributed by atoms with Crippen LogP contribution in [0.25, 0.3) is 0 Å².